The summed E-state index contributed by atoms with van der Waals surface area (Å²) < 4.78 is 27.0. The molecule has 1 saturated heterocycles. The molecule has 0 radical (unpaired) electrons. The summed E-state index contributed by atoms with van der Waals surface area (Å²) in [5, 5.41) is 7.76. The Balaban J connectivity index is 0. The van der Waals surface area contributed by atoms with Crippen LogP contribution in [-0.4, -0.2) is 68.9 Å². The third kappa shape index (κ3) is 13.1. The lowest BCUT2D eigenvalue weighted by atomic mass is 10.0. The molecule has 0 spiro atoms. The Morgan fingerprint density at radius 1 is 1.32 bits per heavy atom. The van der Waals surface area contributed by atoms with E-state index in [2.05, 4.69) is 60.2 Å². The molecule has 0 aromatic rings. The van der Waals surface area contributed by atoms with Gasteiger partial charge in [-0.2, -0.15) is 0 Å². The Bertz CT molecular complexity index is 433. The van der Waals surface area contributed by atoms with Crippen molar-refractivity contribution in [1.82, 2.24) is 10.2 Å². The van der Waals surface area contributed by atoms with Crippen LogP contribution in [0.2, 0.25) is 0 Å². The number of nitrogens with zero attached hydrogens (tertiary/aromatic N) is 1. The molecule has 0 unspecified atom stereocenters. The Morgan fingerprint density at radius 2 is 1.80 bits per heavy atom. The molecule has 3 N–H and O–H groups in total. The average Bonchev–Trinajstić information content (AvgIpc) is 2.54. The van der Waals surface area contributed by atoms with Gasteiger partial charge >= 0.3 is 0 Å². The zero-order valence-electron chi connectivity index (χ0n) is 16.7. The second kappa shape index (κ2) is 14.3. The van der Waals surface area contributed by atoms with Crippen LogP contribution in [0.15, 0.2) is 12.7 Å². The van der Waals surface area contributed by atoms with E-state index in [1.54, 1.807) is 6.08 Å². The van der Waals surface area contributed by atoms with Crippen molar-refractivity contribution in [2.75, 3.05) is 44.8 Å². The molecule has 0 bridgehead atoms. The molecule has 0 aromatic heterocycles. The van der Waals surface area contributed by atoms with Crippen molar-refractivity contribution in [2.24, 2.45) is 11.1 Å². The molecule has 0 amide bonds. The predicted molar refractivity (Wildman–Crippen MR) is 117 cm³/mol. The van der Waals surface area contributed by atoms with E-state index in [0.717, 1.165) is 13.1 Å². The molecule has 152 valence electrons. The first kappa shape index (κ1) is 27.5. The number of primary sulfonamides is 1. The Kier molecular flexibility index (Phi) is 15.8. The van der Waals surface area contributed by atoms with Crippen LogP contribution < -0.4 is 10.5 Å². The van der Waals surface area contributed by atoms with Crippen LogP contribution in [0, 0.1) is 5.92 Å². The Morgan fingerprint density at radius 3 is 2.08 bits per heavy atom. The van der Waals surface area contributed by atoms with E-state index < -0.39 is 15.3 Å². The molecule has 8 heteroatoms. The van der Waals surface area contributed by atoms with Gasteiger partial charge in [0.1, 0.15) is 5.25 Å². The van der Waals surface area contributed by atoms with Crippen LogP contribution in [0.25, 0.3) is 0 Å². The first-order valence-electron chi connectivity index (χ1n) is 8.49. The monoisotopic (exact) mass is 491 g/mol. The van der Waals surface area contributed by atoms with Crippen molar-refractivity contribution in [3.63, 3.8) is 0 Å². The number of hydrogen-bond donors (Lipinski definition) is 2. The summed E-state index contributed by atoms with van der Waals surface area (Å²) in [5.74, 6) is -0.0625. The normalized spacial score (nSPS) is 18.1. The largest absolute Gasteiger partial charge is 0.383 e. The topological polar surface area (TPSA) is 84.7 Å². The number of ether oxygens (including phenoxy) is 1. The van der Waals surface area contributed by atoms with Gasteiger partial charge in [0.05, 0.1) is 6.61 Å². The Labute approximate surface area is 169 Å². The molecule has 1 fully saturated rings. The number of nitrogens with two attached hydrogens (primary N) is 1. The van der Waals surface area contributed by atoms with Crippen LogP contribution in [0.5, 0.6) is 0 Å². The van der Waals surface area contributed by atoms with Crippen LogP contribution in [-0.2, 0) is 14.8 Å². The van der Waals surface area contributed by atoms with Gasteiger partial charge in [-0.1, -0.05) is 35.6 Å². The standard InChI is InChI=1S/C8H18N2.C8H17NO3S.CH3I/c1-8(2,3)10-6-4-9-5-7-10;1-4-5-7(2)8(6-12-3)13(9,10)11;1-2/h9H,4-7H2,1-3H3;4,7-8H,1,5-6H2,2-3H3,(H2,9,10,11);1H3/t;7-,8+;/m.0./s1. The van der Waals surface area contributed by atoms with Crippen LogP contribution >= 0.6 is 22.6 Å². The number of nitrogens with one attached hydrogen (secondary N) is 1. The van der Waals surface area contributed by atoms with Gasteiger partial charge in [-0.25, -0.2) is 13.6 Å². The van der Waals surface area contributed by atoms with E-state index >= 15 is 0 Å². The molecule has 25 heavy (non-hydrogen) atoms. The number of allylic oxidation sites excluding steroid dienone is 1. The molecular weight excluding hydrogens is 453 g/mol. The maximum atomic E-state index is 11.1. The molecule has 1 heterocycles. The highest BCUT2D eigenvalue weighted by Gasteiger charge is 2.26. The molecule has 0 aromatic carbocycles. The number of hydrogen-bond acceptors (Lipinski definition) is 5. The summed E-state index contributed by atoms with van der Waals surface area (Å²) in [6, 6.07) is 0. The van der Waals surface area contributed by atoms with Crippen LogP contribution in [0.3, 0.4) is 0 Å². The smallest absolute Gasteiger partial charge is 0.214 e. The van der Waals surface area contributed by atoms with Crippen molar-refractivity contribution in [1.29, 1.82) is 0 Å². The minimum Gasteiger partial charge on any atom is -0.383 e. The van der Waals surface area contributed by atoms with Gasteiger partial charge in [-0.15, -0.1) is 6.58 Å². The summed E-state index contributed by atoms with van der Waals surface area (Å²) in [7, 11) is -2.06. The number of rotatable bonds is 6. The van der Waals surface area contributed by atoms with E-state index in [0.29, 0.717) is 12.0 Å². The number of sulfonamides is 1. The zero-order chi connectivity index (χ0) is 20.1. The van der Waals surface area contributed by atoms with Gasteiger partial charge in [0.15, 0.2) is 0 Å². The molecule has 0 saturated carbocycles. The highest BCUT2D eigenvalue weighted by atomic mass is 127. The average molecular weight is 491 g/mol. The molecule has 1 aliphatic heterocycles. The van der Waals surface area contributed by atoms with Gasteiger partial charge in [-0.3, -0.25) is 4.90 Å². The third-order valence-electron chi connectivity index (χ3n) is 3.99. The Hall–Kier alpha value is 0.260. The summed E-state index contributed by atoms with van der Waals surface area (Å²) in [6.45, 7) is 17.0. The quantitative estimate of drug-likeness (QED) is 0.338. The fraction of sp³-hybridized carbons (Fsp3) is 0.882. The molecule has 0 aliphatic carbocycles. The van der Waals surface area contributed by atoms with Crippen molar-refractivity contribution < 1.29 is 13.2 Å². The molecule has 1 rings (SSSR count). The first-order valence-corrected chi connectivity index (χ1v) is 12.3. The maximum absolute atomic E-state index is 11.1. The minimum absolute atomic E-state index is 0.0625. The zero-order valence-corrected chi connectivity index (χ0v) is 19.7. The number of piperazine rings is 1. The fourth-order valence-corrected chi connectivity index (χ4v) is 3.58. The number of alkyl halides is 1. The second-order valence-electron chi connectivity index (χ2n) is 6.99. The third-order valence-corrected chi connectivity index (χ3v) is 5.44. The van der Waals surface area contributed by atoms with Gasteiger partial charge in [0.2, 0.25) is 10.0 Å². The lowest BCUT2D eigenvalue weighted by Crippen LogP contribution is -2.51. The molecule has 6 nitrogen and oxygen atoms in total. The van der Waals surface area contributed by atoms with Crippen molar-refractivity contribution >= 4 is 32.6 Å². The fourth-order valence-electron chi connectivity index (χ4n) is 2.50. The lowest BCUT2D eigenvalue weighted by molar-refractivity contribution is 0.119. The molecule has 1 aliphatic rings. The van der Waals surface area contributed by atoms with Crippen LogP contribution in [0.4, 0.5) is 0 Å². The summed E-state index contributed by atoms with van der Waals surface area (Å²) >= 11 is 2.15. The summed E-state index contributed by atoms with van der Waals surface area (Å²) in [6.07, 6.45) is 2.29. The van der Waals surface area contributed by atoms with E-state index in [9.17, 15) is 8.42 Å². The molecular formula is C17H38IN3O3S. The minimum atomic E-state index is -3.52. The van der Waals surface area contributed by atoms with E-state index in [4.69, 9.17) is 9.88 Å². The van der Waals surface area contributed by atoms with Gasteiger partial charge in [0, 0.05) is 38.8 Å². The van der Waals surface area contributed by atoms with Gasteiger partial charge in [-0.05, 0) is 38.0 Å². The predicted octanol–water partition coefficient (Wildman–Crippen LogP) is 2.24. The van der Waals surface area contributed by atoms with Gasteiger partial charge < -0.3 is 10.1 Å². The van der Waals surface area contributed by atoms with Gasteiger partial charge in [0.25, 0.3) is 0 Å². The van der Waals surface area contributed by atoms with Crippen molar-refractivity contribution in [2.45, 2.75) is 44.9 Å². The van der Waals surface area contributed by atoms with E-state index in [-0.39, 0.29) is 12.5 Å². The van der Waals surface area contributed by atoms with Crippen molar-refractivity contribution in [3.05, 3.63) is 12.7 Å². The van der Waals surface area contributed by atoms with E-state index in [1.165, 1.54) is 20.2 Å². The molecule has 2 atom stereocenters. The second-order valence-corrected chi connectivity index (χ2v) is 8.78. The van der Waals surface area contributed by atoms with Crippen LogP contribution in [0.1, 0.15) is 34.1 Å². The van der Waals surface area contributed by atoms with Crippen molar-refractivity contribution in [3.8, 4) is 0 Å². The van der Waals surface area contributed by atoms with E-state index in [1.807, 2.05) is 11.9 Å². The summed E-state index contributed by atoms with van der Waals surface area (Å²) in [5.41, 5.74) is 0.363. The highest BCUT2D eigenvalue weighted by Crippen LogP contribution is 2.15. The highest BCUT2D eigenvalue weighted by molar-refractivity contribution is 14.1. The number of methoxy groups -OCH3 is 1. The lowest BCUT2D eigenvalue weighted by Gasteiger charge is -2.38. The maximum Gasteiger partial charge on any atom is 0.214 e. The first-order chi connectivity index (χ1) is 11.5. The summed E-state index contributed by atoms with van der Waals surface area (Å²) in [4.78, 5) is 4.49. The SMILES string of the molecule is C=CC[C@H](C)[C@@H](COC)S(N)(=O)=O.CC(C)(C)N1CCNCC1.CI. The number of halogens is 1.